The van der Waals surface area contributed by atoms with Crippen molar-refractivity contribution in [1.29, 1.82) is 0 Å². The Morgan fingerprint density at radius 3 is 3.18 bits per heavy atom. The average molecular weight is 151 g/mol. The Morgan fingerprint density at radius 1 is 1.64 bits per heavy atom. The van der Waals surface area contributed by atoms with Gasteiger partial charge in [-0.1, -0.05) is 0 Å². The van der Waals surface area contributed by atoms with Crippen LogP contribution in [-0.2, 0) is 0 Å². The standard InChI is InChI=1S/C8H9NO2/c1-5-8(10)6-2-3-9-4-7(6)11-5/h2-5,8,10H,1H3/t5-,8+/m0/s1. The molecule has 1 aromatic heterocycles. The van der Waals surface area contributed by atoms with Crippen molar-refractivity contribution < 1.29 is 9.84 Å². The molecule has 1 N–H and O–H groups in total. The number of hydrogen-bond acceptors (Lipinski definition) is 3. The molecule has 1 aliphatic rings. The number of rotatable bonds is 0. The van der Waals surface area contributed by atoms with Gasteiger partial charge in [-0.25, -0.2) is 0 Å². The molecule has 1 aliphatic heterocycles. The lowest BCUT2D eigenvalue weighted by atomic mass is 10.1. The second-order valence-corrected chi connectivity index (χ2v) is 2.68. The number of aliphatic hydroxyl groups excluding tert-OH is 1. The molecule has 1 aromatic rings. The van der Waals surface area contributed by atoms with Crippen molar-refractivity contribution in [3.63, 3.8) is 0 Å². The molecule has 2 heterocycles. The van der Waals surface area contributed by atoms with Crippen LogP contribution >= 0.6 is 0 Å². The van der Waals surface area contributed by atoms with E-state index in [1.165, 1.54) is 0 Å². The molecule has 0 radical (unpaired) electrons. The predicted molar refractivity (Wildman–Crippen MR) is 39.3 cm³/mol. The molecular formula is C8H9NO2. The van der Waals surface area contributed by atoms with Crippen LogP contribution in [0.4, 0.5) is 0 Å². The summed E-state index contributed by atoms with van der Waals surface area (Å²) in [6.07, 6.45) is 2.65. The minimum atomic E-state index is -0.493. The smallest absolute Gasteiger partial charge is 0.144 e. The van der Waals surface area contributed by atoms with Crippen LogP contribution in [0.1, 0.15) is 18.6 Å². The Bertz CT molecular complexity index is 275. The quantitative estimate of drug-likeness (QED) is 0.599. The molecule has 0 aliphatic carbocycles. The molecule has 0 aromatic carbocycles. The molecular weight excluding hydrogens is 142 g/mol. The maximum atomic E-state index is 9.50. The van der Waals surface area contributed by atoms with Gasteiger partial charge in [0.25, 0.3) is 0 Å². The number of fused-ring (bicyclic) bond motifs is 1. The van der Waals surface area contributed by atoms with Crippen LogP contribution < -0.4 is 4.74 Å². The van der Waals surface area contributed by atoms with Crippen LogP contribution in [0, 0.1) is 0 Å². The Hall–Kier alpha value is -1.09. The molecule has 2 atom stereocenters. The van der Waals surface area contributed by atoms with E-state index in [-0.39, 0.29) is 6.10 Å². The summed E-state index contributed by atoms with van der Waals surface area (Å²) in [5.74, 6) is 0.701. The summed E-state index contributed by atoms with van der Waals surface area (Å²) in [5, 5.41) is 9.50. The fourth-order valence-electron chi connectivity index (χ4n) is 1.25. The van der Waals surface area contributed by atoms with E-state index in [0.29, 0.717) is 5.75 Å². The molecule has 0 fully saturated rings. The van der Waals surface area contributed by atoms with Gasteiger partial charge < -0.3 is 9.84 Å². The molecule has 0 saturated carbocycles. The summed E-state index contributed by atoms with van der Waals surface area (Å²) in [5.41, 5.74) is 0.840. The van der Waals surface area contributed by atoms with Gasteiger partial charge in [-0.2, -0.15) is 0 Å². The fourth-order valence-corrected chi connectivity index (χ4v) is 1.25. The Balaban J connectivity index is 2.47. The third-order valence-corrected chi connectivity index (χ3v) is 1.89. The van der Waals surface area contributed by atoms with E-state index in [2.05, 4.69) is 4.98 Å². The highest BCUT2D eigenvalue weighted by molar-refractivity contribution is 5.36. The highest BCUT2D eigenvalue weighted by Gasteiger charge is 2.28. The van der Waals surface area contributed by atoms with Crippen molar-refractivity contribution in [2.24, 2.45) is 0 Å². The highest BCUT2D eigenvalue weighted by Crippen LogP contribution is 2.34. The van der Waals surface area contributed by atoms with Gasteiger partial charge in [0.2, 0.25) is 0 Å². The monoisotopic (exact) mass is 151 g/mol. The summed E-state index contributed by atoms with van der Waals surface area (Å²) in [7, 11) is 0. The van der Waals surface area contributed by atoms with Gasteiger partial charge in [-0.05, 0) is 13.0 Å². The van der Waals surface area contributed by atoms with Gasteiger partial charge in [0.05, 0.1) is 6.20 Å². The molecule has 0 spiro atoms. The van der Waals surface area contributed by atoms with Crippen molar-refractivity contribution in [2.75, 3.05) is 0 Å². The zero-order chi connectivity index (χ0) is 7.84. The van der Waals surface area contributed by atoms with E-state index in [0.717, 1.165) is 5.56 Å². The summed E-state index contributed by atoms with van der Waals surface area (Å²) < 4.78 is 5.31. The Morgan fingerprint density at radius 2 is 2.45 bits per heavy atom. The van der Waals surface area contributed by atoms with Crippen molar-refractivity contribution in [3.05, 3.63) is 24.0 Å². The third kappa shape index (κ3) is 0.886. The SMILES string of the molecule is C[C@@H]1Oc2cnccc2[C@@H]1O. The minimum Gasteiger partial charge on any atom is -0.486 e. The van der Waals surface area contributed by atoms with Crippen molar-refractivity contribution in [2.45, 2.75) is 19.1 Å². The van der Waals surface area contributed by atoms with Gasteiger partial charge in [0.15, 0.2) is 0 Å². The van der Waals surface area contributed by atoms with Crippen molar-refractivity contribution >= 4 is 0 Å². The molecule has 11 heavy (non-hydrogen) atoms. The van der Waals surface area contributed by atoms with E-state index >= 15 is 0 Å². The minimum absolute atomic E-state index is 0.144. The lowest BCUT2D eigenvalue weighted by Gasteiger charge is -2.05. The summed E-state index contributed by atoms with van der Waals surface area (Å²) in [6.45, 7) is 1.84. The second-order valence-electron chi connectivity index (χ2n) is 2.68. The van der Waals surface area contributed by atoms with Gasteiger partial charge >= 0.3 is 0 Å². The van der Waals surface area contributed by atoms with Crippen molar-refractivity contribution in [3.8, 4) is 5.75 Å². The van der Waals surface area contributed by atoms with Crippen LogP contribution in [0.2, 0.25) is 0 Å². The average Bonchev–Trinajstić information content (AvgIpc) is 2.30. The summed E-state index contributed by atoms with van der Waals surface area (Å²) in [4.78, 5) is 3.89. The second kappa shape index (κ2) is 2.20. The Kier molecular flexibility index (Phi) is 1.32. The molecule has 3 nitrogen and oxygen atoms in total. The molecule has 58 valence electrons. The first kappa shape index (κ1) is 6.61. The number of nitrogens with zero attached hydrogens (tertiary/aromatic N) is 1. The third-order valence-electron chi connectivity index (χ3n) is 1.89. The van der Waals surface area contributed by atoms with Gasteiger partial charge in [0.1, 0.15) is 18.0 Å². The number of pyridine rings is 1. The maximum Gasteiger partial charge on any atom is 0.144 e. The van der Waals surface area contributed by atoms with Gasteiger partial charge in [-0.15, -0.1) is 0 Å². The first-order valence-corrected chi connectivity index (χ1v) is 3.57. The summed E-state index contributed by atoms with van der Waals surface area (Å²) >= 11 is 0. The fraction of sp³-hybridized carbons (Fsp3) is 0.375. The largest absolute Gasteiger partial charge is 0.486 e. The van der Waals surface area contributed by atoms with E-state index in [4.69, 9.17) is 4.74 Å². The zero-order valence-corrected chi connectivity index (χ0v) is 6.19. The van der Waals surface area contributed by atoms with E-state index < -0.39 is 6.10 Å². The molecule has 0 bridgehead atoms. The normalized spacial score (nSPS) is 27.8. The van der Waals surface area contributed by atoms with E-state index in [1.807, 2.05) is 6.92 Å². The molecule has 2 rings (SSSR count). The van der Waals surface area contributed by atoms with Crippen molar-refractivity contribution in [1.82, 2.24) is 4.98 Å². The molecule has 0 amide bonds. The first-order valence-electron chi connectivity index (χ1n) is 3.57. The van der Waals surface area contributed by atoms with Crippen LogP contribution in [-0.4, -0.2) is 16.2 Å². The lowest BCUT2D eigenvalue weighted by Crippen LogP contribution is -2.12. The lowest BCUT2D eigenvalue weighted by molar-refractivity contribution is 0.0795. The Labute approximate surface area is 64.6 Å². The first-order chi connectivity index (χ1) is 5.29. The number of aliphatic hydroxyl groups is 1. The molecule has 3 heteroatoms. The summed E-state index contributed by atoms with van der Waals surface area (Å²) in [6, 6.07) is 1.78. The van der Waals surface area contributed by atoms with Crippen LogP contribution in [0.3, 0.4) is 0 Å². The van der Waals surface area contributed by atoms with Crippen LogP contribution in [0.5, 0.6) is 5.75 Å². The van der Waals surface area contributed by atoms with Crippen LogP contribution in [0.25, 0.3) is 0 Å². The zero-order valence-electron chi connectivity index (χ0n) is 6.19. The number of aromatic nitrogens is 1. The van der Waals surface area contributed by atoms with Gasteiger partial charge in [-0.3, -0.25) is 4.98 Å². The van der Waals surface area contributed by atoms with E-state index in [9.17, 15) is 5.11 Å². The predicted octanol–water partition coefficient (Wildman–Crippen LogP) is 0.896. The van der Waals surface area contributed by atoms with E-state index in [1.54, 1.807) is 18.5 Å². The van der Waals surface area contributed by atoms with Crippen LogP contribution in [0.15, 0.2) is 18.5 Å². The van der Waals surface area contributed by atoms with Gasteiger partial charge in [0, 0.05) is 11.8 Å². The molecule has 0 saturated heterocycles. The maximum absolute atomic E-state index is 9.50. The number of hydrogen-bond donors (Lipinski definition) is 1. The number of ether oxygens (including phenoxy) is 1. The topological polar surface area (TPSA) is 42.4 Å². The molecule has 0 unspecified atom stereocenters. The highest BCUT2D eigenvalue weighted by atomic mass is 16.5.